The Labute approximate surface area is 222 Å². The van der Waals surface area contributed by atoms with Crippen LogP contribution in [0.5, 0.6) is 5.75 Å². The van der Waals surface area contributed by atoms with Gasteiger partial charge < -0.3 is 14.8 Å². The van der Waals surface area contributed by atoms with Crippen molar-refractivity contribution in [2.24, 2.45) is 5.41 Å². The molecule has 0 saturated carbocycles. The maximum Gasteiger partial charge on any atom is 0.416 e. The summed E-state index contributed by atoms with van der Waals surface area (Å²) in [5.74, 6) is 0.828. The van der Waals surface area contributed by atoms with E-state index >= 15 is 0 Å². The number of rotatable bonds is 5. The molecule has 0 unspecified atom stereocenters. The molecule has 38 heavy (non-hydrogen) atoms. The summed E-state index contributed by atoms with van der Waals surface area (Å²) in [5, 5.41) is 3.45. The largest absolute Gasteiger partial charge is 0.496 e. The Hall–Kier alpha value is -3.16. The first-order valence-electron chi connectivity index (χ1n) is 13.2. The van der Waals surface area contributed by atoms with Gasteiger partial charge in [0.2, 0.25) is 0 Å². The molecule has 1 fully saturated rings. The van der Waals surface area contributed by atoms with Crippen molar-refractivity contribution in [2.45, 2.75) is 71.7 Å². The number of carbonyl (C=O) groups is 1. The van der Waals surface area contributed by atoms with Gasteiger partial charge in [-0.3, -0.25) is 4.90 Å². The van der Waals surface area contributed by atoms with E-state index in [0.29, 0.717) is 17.7 Å². The number of fused-ring (bicyclic) bond motifs is 1. The molecule has 0 bridgehead atoms. The van der Waals surface area contributed by atoms with Crippen LogP contribution in [0.25, 0.3) is 5.57 Å². The molecule has 1 amide bonds. The van der Waals surface area contributed by atoms with E-state index in [1.54, 1.807) is 25.0 Å². The van der Waals surface area contributed by atoms with Gasteiger partial charge in [-0.2, -0.15) is 13.2 Å². The second-order valence-corrected chi connectivity index (χ2v) is 11.6. The Morgan fingerprint density at radius 3 is 2.63 bits per heavy atom. The fourth-order valence-electron chi connectivity index (χ4n) is 6.13. The maximum atomic E-state index is 13.5. The Bertz CT molecular complexity index is 1300. The molecule has 1 aliphatic carbocycles. The number of benzene rings is 2. The van der Waals surface area contributed by atoms with E-state index in [-0.39, 0.29) is 5.41 Å². The van der Waals surface area contributed by atoms with Crippen molar-refractivity contribution >= 4 is 17.4 Å². The molecule has 5 rings (SSSR count). The van der Waals surface area contributed by atoms with Crippen LogP contribution in [-0.2, 0) is 17.3 Å². The number of aryl methyl sites for hydroxylation is 1. The van der Waals surface area contributed by atoms with Crippen molar-refractivity contribution < 1.29 is 27.4 Å². The Kier molecular flexibility index (Phi) is 6.64. The average molecular weight is 529 g/mol. The molecule has 0 radical (unpaired) electrons. The van der Waals surface area contributed by atoms with Crippen molar-refractivity contribution in [1.29, 1.82) is 0 Å². The fraction of sp³-hybridized carbons (Fsp3) is 0.500. The lowest BCUT2D eigenvalue weighted by Crippen LogP contribution is -2.35. The third kappa shape index (κ3) is 4.97. The summed E-state index contributed by atoms with van der Waals surface area (Å²) in [6.07, 6.45) is -2.13. The number of cyclic esters (lactones) is 1. The molecule has 1 N–H and O–H groups in total. The molecule has 5 nitrogen and oxygen atoms in total. The highest BCUT2D eigenvalue weighted by molar-refractivity contribution is 5.80. The zero-order valence-corrected chi connectivity index (χ0v) is 22.6. The number of ether oxygens (including phenoxy) is 2. The van der Waals surface area contributed by atoms with Gasteiger partial charge in [0.05, 0.1) is 18.7 Å². The van der Waals surface area contributed by atoms with E-state index in [1.807, 2.05) is 6.92 Å². The molecule has 0 spiro atoms. The average Bonchev–Trinajstić information content (AvgIpc) is 3.41. The first-order chi connectivity index (χ1) is 17.9. The summed E-state index contributed by atoms with van der Waals surface area (Å²) in [4.78, 5) is 14.8. The Morgan fingerprint density at radius 2 is 1.92 bits per heavy atom. The first-order valence-corrected chi connectivity index (χ1v) is 13.2. The molecule has 2 aliphatic heterocycles. The molecular weight excluding hydrogens is 493 g/mol. The van der Waals surface area contributed by atoms with Crippen molar-refractivity contribution in [3.63, 3.8) is 0 Å². The number of allylic oxidation sites excluding steroid dienone is 1. The first kappa shape index (κ1) is 26.4. The second kappa shape index (κ2) is 9.54. The van der Waals surface area contributed by atoms with Crippen LogP contribution in [0.15, 0.2) is 35.9 Å². The smallest absolute Gasteiger partial charge is 0.416 e. The molecule has 2 heterocycles. The third-order valence-electron chi connectivity index (χ3n) is 8.14. The summed E-state index contributed by atoms with van der Waals surface area (Å²) in [7, 11) is 1.68. The van der Waals surface area contributed by atoms with Crippen molar-refractivity contribution in [2.75, 3.05) is 25.5 Å². The van der Waals surface area contributed by atoms with E-state index in [2.05, 4.69) is 31.3 Å². The number of anilines is 1. The highest BCUT2D eigenvalue weighted by atomic mass is 19.4. The predicted molar refractivity (Wildman–Crippen MR) is 141 cm³/mol. The van der Waals surface area contributed by atoms with Gasteiger partial charge in [-0.1, -0.05) is 25.5 Å². The molecule has 0 aromatic heterocycles. The van der Waals surface area contributed by atoms with Crippen molar-refractivity contribution in [1.82, 2.24) is 4.90 Å². The number of hydrogen-bond acceptors (Lipinski definition) is 4. The third-order valence-corrected chi connectivity index (χ3v) is 8.14. The number of carbonyl (C=O) groups excluding carboxylic acids is 1. The predicted octanol–water partition coefficient (Wildman–Crippen LogP) is 7.54. The van der Waals surface area contributed by atoms with E-state index in [0.717, 1.165) is 66.9 Å². The minimum atomic E-state index is -4.47. The number of nitrogens with zero attached hydrogens (tertiary/aromatic N) is 1. The van der Waals surface area contributed by atoms with Crippen molar-refractivity contribution in [3.8, 4) is 5.75 Å². The summed E-state index contributed by atoms with van der Waals surface area (Å²) >= 11 is 0. The SMILES string of the molecule is COc1cc2c(cc1C1=C(CN3C(=O)O[C@H](c4cc(C)cc(C(F)(F)F)c4)[C@@H]3C)CC(C)(C)CC1)NCC2. The molecular formula is C30H35F3N2O3. The van der Waals surface area contributed by atoms with E-state index in [1.165, 1.54) is 11.1 Å². The van der Waals surface area contributed by atoms with Crippen LogP contribution in [0.2, 0.25) is 0 Å². The van der Waals surface area contributed by atoms with E-state index < -0.39 is 30.0 Å². The van der Waals surface area contributed by atoms with Gasteiger partial charge >= 0.3 is 12.3 Å². The minimum absolute atomic E-state index is 0.0610. The number of amides is 1. The van der Waals surface area contributed by atoms with E-state index in [9.17, 15) is 18.0 Å². The van der Waals surface area contributed by atoms with Gasteiger partial charge in [-0.25, -0.2) is 4.79 Å². The molecule has 1 saturated heterocycles. The molecule has 2 atom stereocenters. The molecule has 3 aliphatic rings. The standard InChI is InChI=1S/C30H35F3N2O3/c1-17-10-20(12-22(11-17)30(31,32)33)27-18(2)35(28(36)38-27)16-21-15-29(3,4)8-6-23(21)24-14-25-19(7-9-34-25)13-26(24)37-5/h10-14,18,27,34H,6-9,15-16H2,1-5H3/t18-,27-/m0/s1. The summed E-state index contributed by atoms with van der Waals surface area (Å²) in [6.45, 7) is 9.18. The summed E-state index contributed by atoms with van der Waals surface area (Å²) < 4.78 is 51.9. The summed E-state index contributed by atoms with van der Waals surface area (Å²) in [5.41, 5.74) is 5.88. The monoisotopic (exact) mass is 528 g/mol. The molecule has 2 aromatic rings. The highest BCUT2D eigenvalue weighted by Crippen LogP contribution is 2.47. The molecule has 8 heteroatoms. The minimum Gasteiger partial charge on any atom is -0.496 e. The van der Waals surface area contributed by atoms with Gasteiger partial charge in [-0.15, -0.1) is 0 Å². The quantitative estimate of drug-likeness (QED) is 0.436. The highest BCUT2D eigenvalue weighted by Gasteiger charge is 2.42. The Morgan fingerprint density at radius 1 is 1.16 bits per heavy atom. The van der Waals surface area contributed by atoms with Crippen LogP contribution in [0.1, 0.15) is 74.0 Å². The Balaban J connectivity index is 1.50. The van der Waals surface area contributed by atoms with Crippen LogP contribution < -0.4 is 10.1 Å². The summed E-state index contributed by atoms with van der Waals surface area (Å²) in [6, 6.07) is 7.73. The van der Waals surface area contributed by atoms with Crippen LogP contribution >= 0.6 is 0 Å². The lowest BCUT2D eigenvalue weighted by Gasteiger charge is -2.36. The number of hydrogen-bond donors (Lipinski definition) is 1. The normalized spacial score (nSPS) is 22.8. The van der Waals surface area contributed by atoms with Crippen LogP contribution in [0.3, 0.4) is 0 Å². The fourth-order valence-corrected chi connectivity index (χ4v) is 6.13. The lowest BCUT2D eigenvalue weighted by atomic mass is 9.72. The zero-order valence-electron chi connectivity index (χ0n) is 22.6. The second-order valence-electron chi connectivity index (χ2n) is 11.6. The van der Waals surface area contributed by atoms with Gasteiger partial charge in [0.1, 0.15) is 11.9 Å². The molecule has 204 valence electrons. The number of methoxy groups -OCH3 is 1. The van der Waals surface area contributed by atoms with Gasteiger partial charge in [0.15, 0.2) is 0 Å². The number of alkyl halides is 3. The van der Waals surface area contributed by atoms with Crippen LogP contribution in [0, 0.1) is 12.3 Å². The number of halogens is 3. The van der Waals surface area contributed by atoms with E-state index in [4.69, 9.17) is 9.47 Å². The van der Waals surface area contributed by atoms with Gasteiger partial charge in [-0.05, 0) is 91.5 Å². The van der Waals surface area contributed by atoms with Crippen LogP contribution in [-0.4, -0.2) is 37.2 Å². The lowest BCUT2D eigenvalue weighted by molar-refractivity contribution is -0.137. The number of nitrogens with one attached hydrogen (secondary N) is 1. The van der Waals surface area contributed by atoms with Crippen LogP contribution in [0.4, 0.5) is 23.7 Å². The van der Waals surface area contributed by atoms with Crippen molar-refractivity contribution in [3.05, 3.63) is 63.7 Å². The topological polar surface area (TPSA) is 50.8 Å². The molecule has 2 aromatic carbocycles. The maximum absolute atomic E-state index is 13.5. The van der Waals surface area contributed by atoms with Gasteiger partial charge in [0, 0.05) is 24.3 Å². The zero-order chi connectivity index (χ0) is 27.4. The van der Waals surface area contributed by atoms with Gasteiger partial charge in [0.25, 0.3) is 0 Å².